The number of hydrogen-bond acceptors (Lipinski definition) is 7. The third-order valence-corrected chi connectivity index (χ3v) is 7.92. The van der Waals surface area contributed by atoms with Gasteiger partial charge in [-0.25, -0.2) is 4.98 Å². The smallest absolute Gasteiger partial charge is 0.278 e. The molecule has 0 aromatic carbocycles. The molecule has 2 aliphatic heterocycles. The van der Waals surface area contributed by atoms with Gasteiger partial charge in [-0.15, -0.1) is 5.10 Å². The Labute approximate surface area is 186 Å². The molecule has 1 amide bonds. The summed E-state index contributed by atoms with van der Waals surface area (Å²) in [7, 11) is 0. The summed E-state index contributed by atoms with van der Waals surface area (Å²) in [4.78, 5) is 35.5. The van der Waals surface area contributed by atoms with E-state index in [1.54, 1.807) is 0 Å². The number of amides is 1. The molecule has 0 radical (unpaired) electrons. The molecule has 0 atom stereocenters. The molecule has 2 aromatic rings. The Hall–Kier alpha value is -2.00. The zero-order chi connectivity index (χ0) is 21.2. The number of hydrogen-bond donors (Lipinski definition) is 1. The summed E-state index contributed by atoms with van der Waals surface area (Å²) in [6.07, 6.45) is 9.18. The third kappa shape index (κ3) is 4.48. The number of anilines is 1. The number of likely N-dealkylation sites (tertiary alicyclic amines) is 1. The summed E-state index contributed by atoms with van der Waals surface area (Å²) in [5.41, 5.74) is 1.82. The lowest BCUT2D eigenvalue weighted by atomic mass is 9.96. The highest BCUT2D eigenvalue weighted by Crippen LogP contribution is 2.28. The maximum absolute atomic E-state index is 12.8. The number of aromatic nitrogens is 3. The lowest BCUT2D eigenvalue weighted by Crippen LogP contribution is -2.41. The molecule has 4 heterocycles. The molecule has 8 nitrogen and oxygen atoms in total. The first kappa shape index (κ1) is 20.9. The molecule has 168 valence electrons. The summed E-state index contributed by atoms with van der Waals surface area (Å²) in [6.45, 7) is 5.87. The van der Waals surface area contributed by atoms with Crippen LogP contribution in [0.15, 0.2) is 4.79 Å². The van der Waals surface area contributed by atoms with E-state index in [0.29, 0.717) is 4.96 Å². The highest BCUT2D eigenvalue weighted by molar-refractivity contribution is 7.20. The summed E-state index contributed by atoms with van der Waals surface area (Å²) in [5, 5.41) is 8.58. The van der Waals surface area contributed by atoms with Gasteiger partial charge in [0.2, 0.25) is 16.0 Å². The zero-order valence-electron chi connectivity index (χ0n) is 18.1. The normalized spacial score (nSPS) is 20.3. The molecule has 1 N–H and O–H groups in total. The fraction of sp³-hybridized carbons (Fsp3) is 0.727. The van der Waals surface area contributed by atoms with Gasteiger partial charge in [-0.3, -0.25) is 9.59 Å². The van der Waals surface area contributed by atoms with Gasteiger partial charge in [-0.2, -0.15) is 4.52 Å². The van der Waals surface area contributed by atoms with Gasteiger partial charge >= 0.3 is 0 Å². The quantitative estimate of drug-likeness (QED) is 0.685. The summed E-state index contributed by atoms with van der Waals surface area (Å²) < 4.78 is 1.49. The van der Waals surface area contributed by atoms with Crippen LogP contribution >= 0.6 is 11.3 Å². The lowest BCUT2D eigenvalue weighted by molar-refractivity contribution is -0.125. The third-order valence-electron chi connectivity index (χ3n) is 6.95. The predicted octanol–water partition coefficient (Wildman–Crippen LogP) is 1.85. The highest BCUT2D eigenvalue weighted by Gasteiger charge is 2.27. The second kappa shape index (κ2) is 9.24. The van der Waals surface area contributed by atoms with Crippen LogP contribution in [0.3, 0.4) is 0 Å². The fourth-order valence-electron chi connectivity index (χ4n) is 5.09. The molecule has 3 aliphatic rings. The largest absolute Gasteiger partial charge is 0.356 e. The second-order valence-electron chi connectivity index (χ2n) is 9.08. The number of rotatable bonds is 6. The van der Waals surface area contributed by atoms with Gasteiger partial charge in [0.1, 0.15) is 0 Å². The van der Waals surface area contributed by atoms with E-state index in [2.05, 4.69) is 20.2 Å². The number of fused-ring (bicyclic) bond motifs is 2. The lowest BCUT2D eigenvalue weighted by Gasteiger charge is -2.30. The van der Waals surface area contributed by atoms with Crippen molar-refractivity contribution in [1.82, 2.24) is 24.8 Å². The van der Waals surface area contributed by atoms with E-state index in [4.69, 9.17) is 4.98 Å². The van der Waals surface area contributed by atoms with Gasteiger partial charge in [0.05, 0.1) is 5.69 Å². The topological polar surface area (TPSA) is 82.8 Å². The van der Waals surface area contributed by atoms with Gasteiger partial charge in [-0.1, -0.05) is 11.3 Å². The van der Waals surface area contributed by atoms with Crippen molar-refractivity contribution in [3.8, 4) is 0 Å². The molecule has 2 fully saturated rings. The van der Waals surface area contributed by atoms with Crippen molar-refractivity contribution >= 4 is 27.3 Å². The number of aryl methyl sites for hydroxylation is 1. The number of piperidine rings is 1. The summed E-state index contributed by atoms with van der Waals surface area (Å²) in [5.74, 6) is 0.265. The fourth-order valence-corrected chi connectivity index (χ4v) is 6.05. The van der Waals surface area contributed by atoms with E-state index < -0.39 is 0 Å². The molecule has 9 heteroatoms. The maximum atomic E-state index is 12.8. The number of carbonyl (C=O) groups excluding carboxylic acids is 1. The monoisotopic (exact) mass is 444 g/mol. The average molecular weight is 445 g/mol. The van der Waals surface area contributed by atoms with Crippen molar-refractivity contribution in [2.45, 2.75) is 57.8 Å². The van der Waals surface area contributed by atoms with Crippen LogP contribution in [0.1, 0.15) is 56.2 Å². The Morgan fingerprint density at radius 3 is 2.65 bits per heavy atom. The van der Waals surface area contributed by atoms with Gasteiger partial charge in [0.25, 0.3) is 5.56 Å². The Kier molecular flexibility index (Phi) is 6.22. The molecule has 0 saturated carbocycles. The van der Waals surface area contributed by atoms with Gasteiger partial charge in [0, 0.05) is 31.1 Å². The van der Waals surface area contributed by atoms with Crippen LogP contribution in [0.4, 0.5) is 5.13 Å². The SMILES string of the molecule is O=C(NCCCN1CCCC1)C1CCN(c2nn3c(=O)c4c(nc3s2)CCCC4)CC1. The first-order valence-electron chi connectivity index (χ1n) is 11.9. The van der Waals surface area contributed by atoms with E-state index in [-0.39, 0.29) is 17.4 Å². The van der Waals surface area contributed by atoms with E-state index in [9.17, 15) is 9.59 Å². The molecule has 2 aromatic heterocycles. The Bertz CT molecular complexity index is 988. The summed E-state index contributed by atoms with van der Waals surface area (Å²) in [6, 6.07) is 0. The molecule has 31 heavy (non-hydrogen) atoms. The first-order chi connectivity index (χ1) is 15.2. The second-order valence-corrected chi connectivity index (χ2v) is 10.0. The van der Waals surface area contributed by atoms with Crippen molar-refractivity contribution in [3.63, 3.8) is 0 Å². The molecule has 2 saturated heterocycles. The van der Waals surface area contributed by atoms with E-state index in [1.165, 1.54) is 41.8 Å². The van der Waals surface area contributed by atoms with Crippen LogP contribution in [-0.2, 0) is 17.6 Å². The van der Waals surface area contributed by atoms with E-state index in [0.717, 1.165) is 87.5 Å². The van der Waals surface area contributed by atoms with Crippen molar-refractivity contribution in [2.75, 3.05) is 44.2 Å². The molecular formula is C22H32N6O2S. The molecule has 0 bridgehead atoms. The maximum Gasteiger partial charge on any atom is 0.278 e. The standard InChI is InChI=1S/C22H32N6O2S/c29-19(23-10-5-13-26-11-3-4-12-26)16-8-14-27(15-9-16)22-25-28-20(30)17-6-1-2-7-18(17)24-21(28)31-22/h16H,1-15H2,(H,23,29). The Morgan fingerprint density at radius 1 is 1.06 bits per heavy atom. The van der Waals surface area contributed by atoms with Gasteiger partial charge in [0.15, 0.2) is 0 Å². The Morgan fingerprint density at radius 2 is 1.84 bits per heavy atom. The molecule has 0 unspecified atom stereocenters. The minimum Gasteiger partial charge on any atom is -0.356 e. The number of nitrogens with one attached hydrogen (secondary N) is 1. The van der Waals surface area contributed by atoms with Crippen LogP contribution in [0.25, 0.3) is 4.96 Å². The van der Waals surface area contributed by atoms with Crippen LogP contribution in [0.5, 0.6) is 0 Å². The van der Waals surface area contributed by atoms with Crippen molar-refractivity contribution in [2.24, 2.45) is 5.92 Å². The van der Waals surface area contributed by atoms with Crippen molar-refractivity contribution in [3.05, 3.63) is 21.6 Å². The minimum absolute atomic E-state index is 0.00499. The van der Waals surface area contributed by atoms with Crippen LogP contribution in [0.2, 0.25) is 0 Å². The van der Waals surface area contributed by atoms with Crippen LogP contribution in [0, 0.1) is 5.92 Å². The average Bonchev–Trinajstić information content (AvgIpc) is 3.47. The molecular weight excluding hydrogens is 412 g/mol. The highest BCUT2D eigenvalue weighted by atomic mass is 32.1. The number of nitrogens with zero attached hydrogens (tertiary/aromatic N) is 5. The Balaban J connectivity index is 1.15. The predicted molar refractivity (Wildman–Crippen MR) is 122 cm³/mol. The molecule has 1 aliphatic carbocycles. The van der Waals surface area contributed by atoms with Crippen LogP contribution in [-0.4, -0.2) is 64.7 Å². The van der Waals surface area contributed by atoms with E-state index >= 15 is 0 Å². The molecule has 0 spiro atoms. The zero-order valence-corrected chi connectivity index (χ0v) is 19.0. The summed E-state index contributed by atoms with van der Waals surface area (Å²) >= 11 is 1.49. The van der Waals surface area contributed by atoms with Crippen LogP contribution < -0.4 is 15.8 Å². The first-order valence-corrected chi connectivity index (χ1v) is 12.7. The van der Waals surface area contributed by atoms with Gasteiger partial charge < -0.3 is 15.1 Å². The van der Waals surface area contributed by atoms with Gasteiger partial charge in [-0.05, 0) is 77.4 Å². The van der Waals surface area contributed by atoms with E-state index in [1.807, 2.05) is 0 Å². The van der Waals surface area contributed by atoms with Crippen molar-refractivity contribution in [1.29, 1.82) is 0 Å². The number of carbonyl (C=O) groups is 1. The minimum atomic E-state index is 0.00499. The van der Waals surface area contributed by atoms with Crippen molar-refractivity contribution < 1.29 is 4.79 Å². The molecule has 5 rings (SSSR count).